The fraction of sp³-hybridized carbons (Fsp3) is 0.250. The third kappa shape index (κ3) is 4.17. The molecular weight excluding hydrogens is 316 g/mol. The maximum absolute atomic E-state index is 5.82. The van der Waals surface area contributed by atoms with Gasteiger partial charge in [0.2, 0.25) is 0 Å². The Hall–Kier alpha value is -1.68. The highest BCUT2D eigenvalue weighted by Crippen LogP contribution is 2.19. The van der Waals surface area contributed by atoms with E-state index in [0.717, 1.165) is 34.7 Å². The minimum absolute atomic E-state index is 0.638. The molecule has 2 aromatic rings. The number of rotatable bonds is 6. The minimum atomic E-state index is 0.638. The number of nitrogens with zero attached hydrogens (tertiary/aromatic N) is 1. The third-order valence-electron chi connectivity index (χ3n) is 3.04. The van der Waals surface area contributed by atoms with Crippen molar-refractivity contribution < 1.29 is 4.74 Å². The van der Waals surface area contributed by atoms with Crippen LogP contribution in [0, 0.1) is 0 Å². The number of benzene rings is 2. The summed E-state index contributed by atoms with van der Waals surface area (Å²) in [6, 6.07) is 15.8. The summed E-state index contributed by atoms with van der Waals surface area (Å²) in [6.45, 7) is 4.51. The Morgan fingerprint density at radius 3 is 2.65 bits per heavy atom. The highest BCUT2D eigenvalue weighted by Gasteiger charge is 2.04. The van der Waals surface area contributed by atoms with Gasteiger partial charge in [0, 0.05) is 22.4 Å². The molecule has 4 heteroatoms. The Balaban J connectivity index is 1.91. The fourth-order valence-corrected chi connectivity index (χ4v) is 2.40. The summed E-state index contributed by atoms with van der Waals surface area (Å²) in [7, 11) is 0. The summed E-state index contributed by atoms with van der Waals surface area (Å²) >= 11 is 3.44. The van der Waals surface area contributed by atoms with E-state index in [4.69, 9.17) is 10.5 Å². The number of halogens is 1. The van der Waals surface area contributed by atoms with E-state index >= 15 is 0 Å². The monoisotopic (exact) mass is 334 g/mol. The summed E-state index contributed by atoms with van der Waals surface area (Å²) < 4.78 is 6.79. The molecule has 0 unspecified atom stereocenters. The first-order chi connectivity index (χ1) is 9.69. The first-order valence-corrected chi connectivity index (χ1v) is 7.47. The zero-order valence-corrected chi connectivity index (χ0v) is 13.1. The number of nitrogen functional groups attached to an aromatic ring is 1. The zero-order valence-electron chi connectivity index (χ0n) is 11.6. The van der Waals surface area contributed by atoms with Gasteiger partial charge >= 0.3 is 0 Å². The van der Waals surface area contributed by atoms with E-state index < -0.39 is 0 Å². The second kappa shape index (κ2) is 7.20. The van der Waals surface area contributed by atoms with Gasteiger partial charge in [0.15, 0.2) is 0 Å². The van der Waals surface area contributed by atoms with Crippen LogP contribution in [0.4, 0.5) is 11.4 Å². The average molecular weight is 335 g/mol. The fourth-order valence-electron chi connectivity index (χ4n) is 2.02. The molecule has 0 aliphatic carbocycles. The molecule has 0 atom stereocenters. The van der Waals surface area contributed by atoms with E-state index in [1.54, 1.807) is 0 Å². The number of ether oxygens (including phenoxy) is 1. The van der Waals surface area contributed by atoms with Crippen molar-refractivity contribution in [1.29, 1.82) is 0 Å². The number of nitrogens with two attached hydrogens (primary N) is 1. The van der Waals surface area contributed by atoms with Crippen molar-refractivity contribution in [2.45, 2.75) is 6.92 Å². The van der Waals surface area contributed by atoms with Gasteiger partial charge in [0.25, 0.3) is 0 Å². The van der Waals surface area contributed by atoms with Crippen LogP contribution < -0.4 is 15.4 Å². The number of likely N-dealkylation sites (N-methyl/N-ethyl adjacent to an activating group) is 1. The van der Waals surface area contributed by atoms with Gasteiger partial charge in [-0.25, -0.2) is 0 Å². The molecule has 0 spiro atoms. The van der Waals surface area contributed by atoms with E-state index in [9.17, 15) is 0 Å². The molecule has 0 bridgehead atoms. The average Bonchev–Trinajstić information content (AvgIpc) is 2.44. The van der Waals surface area contributed by atoms with Crippen molar-refractivity contribution in [1.82, 2.24) is 0 Å². The summed E-state index contributed by atoms with van der Waals surface area (Å²) in [5.74, 6) is 0.878. The molecular formula is C16H19BrN2O. The second-order valence-corrected chi connectivity index (χ2v) is 5.40. The van der Waals surface area contributed by atoms with Gasteiger partial charge in [0.05, 0.1) is 6.54 Å². The SMILES string of the molecule is CCN(CCOc1cccc(Br)c1)c1cccc(N)c1. The van der Waals surface area contributed by atoms with Crippen molar-refractivity contribution in [2.75, 3.05) is 30.3 Å². The molecule has 0 aliphatic heterocycles. The molecule has 0 saturated carbocycles. The maximum atomic E-state index is 5.82. The molecule has 0 saturated heterocycles. The minimum Gasteiger partial charge on any atom is -0.492 e. The van der Waals surface area contributed by atoms with Crippen LogP contribution in [-0.4, -0.2) is 19.7 Å². The van der Waals surface area contributed by atoms with Crippen LogP contribution in [0.15, 0.2) is 53.0 Å². The van der Waals surface area contributed by atoms with Gasteiger partial charge in [-0.3, -0.25) is 0 Å². The van der Waals surface area contributed by atoms with Gasteiger partial charge in [-0.1, -0.05) is 28.1 Å². The number of hydrogen-bond acceptors (Lipinski definition) is 3. The molecule has 0 aliphatic rings. The number of hydrogen-bond donors (Lipinski definition) is 1. The third-order valence-corrected chi connectivity index (χ3v) is 3.54. The maximum Gasteiger partial charge on any atom is 0.120 e. The standard InChI is InChI=1S/C16H19BrN2O/c1-2-19(15-7-4-6-14(18)12-15)9-10-20-16-8-3-5-13(17)11-16/h3-8,11-12H,2,9-10,18H2,1H3. The Morgan fingerprint density at radius 2 is 1.95 bits per heavy atom. The Kier molecular flexibility index (Phi) is 5.30. The molecule has 0 amide bonds. The highest BCUT2D eigenvalue weighted by molar-refractivity contribution is 9.10. The summed E-state index contributed by atoms with van der Waals surface area (Å²) in [6.07, 6.45) is 0. The van der Waals surface area contributed by atoms with Gasteiger partial charge < -0.3 is 15.4 Å². The molecule has 106 valence electrons. The van der Waals surface area contributed by atoms with Crippen LogP contribution in [0.2, 0.25) is 0 Å². The molecule has 2 aromatic carbocycles. The van der Waals surface area contributed by atoms with Crippen LogP contribution in [0.5, 0.6) is 5.75 Å². The summed E-state index contributed by atoms with van der Waals surface area (Å²) in [4.78, 5) is 2.24. The van der Waals surface area contributed by atoms with Crippen LogP contribution in [0.1, 0.15) is 6.92 Å². The van der Waals surface area contributed by atoms with Gasteiger partial charge in [0.1, 0.15) is 12.4 Å². The van der Waals surface area contributed by atoms with E-state index in [0.29, 0.717) is 6.61 Å². The smallest absolute Gasteiger partial charge is 0.120 e. The highest BCUT2D eigenvalue weighted by atomic mass is 79.9. The van der Waals surface area contributed by atoms with Gasteiger partial charge in [-0.2, -0.15) is 0 Å². The predicted molar refractivity (Wildman–Crippen MR) is 88.4 cm³/mol. The molecule has 0 aromatic heterocycles. The lowest BCUT2D eigenvalue weighted by Gasteiger charge is -2.23. The number of anilines is 2. The van der Waals surface area contributed by atoms with E-state index in [1.165, 1.54) is 0 Å². The van der Waals surface area contributed by atoms with Crippen LogP contribution in [0.3, 0.4) is 0 Å². The second-order valence-electron chi connectivity index (χ2n) is 4.48. The van der Waals surface area contributed by atoms with Crippen molar-refractivity contribution in [3.63, 3.8) is 0 Å². The summed E-state index contributed by atoms with van der Waals surface area (Å²) in [5, 5.41) is 0. The molecule has 2 rings (SSSR count). The first kappa shape index (κ1) is 14.7. The van der Waals surface area contributed by atoms with Crippen molar-refractivity contribution >= 4 is 27.3 Å². The molecule has 3 nitrogen and oxygen atoms in total. The molecule has 2 N–H and O–H groups in total. The lowest BCUT2D eigenvalue weighted by Crippen LogP contribution is -2.28. The zero-order chi connectivity index (χ0) is 14.4. The normalized spacial score (nSPS) is 10.3. The quantitative estimate of drug-likeness (QED) is 0.813. The van der Waals surface area contributed by atoms with Crippen LogP contribution in [-0.2, 0) is 0 Å². The Morgan fingerprint density at radius 1 is 1.15 bits per heavy atom. The van der Waals surface area contributed by atoms with Crippen molar-refractivity contribution in [3.8, 4) is 5.75 Å². The largest absolute Gasteiger partial charge is 0.492 e. The van der Waals surface area contributed by atoms with Crippen molar-refractivity contribution in [2.24, 2.45) is 0 Å². The molecule has 0 radical (unpaired) electrons. The molecule has 20 heavy (non-hydrogen) atoms. The lowest BCUT2D eigenvalue weighted by molar-refractivity contribution is 0.324. The van der Waals surface area contributed by atoms with E-state index in [2.05, 4.69) is 33.8 Å². The molecule has 0 heterocycles. The van der Waals surface area contributed by atoms with Crippen molar-refractivity contribution in [3.05, 3.63) is 53.0 Å². The predicted octanol–water partition coefficient (Wildman–Crippen LogP) is 3.94. The Labute approximate surface area is 128 Å². The topological polar surface area (TPSA) is 38.5 Å². The Bertz CT molecular complexity index is 560. The molecule has 0 fully saturated rings. The summed E-state index contributed by atoms with van der Waals surface area (Å²) in [5.41, 5.74) is 7.74. The van der Waals surface area contributed by atoms with E-state index in [1.807, 2.05) is 42.5 Å². The van der Waals surface area contributed by atoms with Gasteiger partial charge in [-0.15, -0.1) is 0 Å². The van der Waals surface area contributed by atoms with E-state index in [-0.39, 0.29) is 0 Å². The van der Waals surface area contributed by atoms with Gasteiger partial charge in [-0.05, 0) is 43.3 Å². The van der Waals surface area contributed by atoms with Crippen LogP contribution >= 0.6 is 15.9 Å². The van der Waals surface area contributed by atoms with Crippen LogP contribution in [0.25, 0.3) is 0 Å². The lowest BCUT2D eigenvalue weighted by atomic mass is 10.2. The first-order valence-electron chi connectivity index (χ1n) is 6.68.